The van der Waals surface area contributed by atoms with E-state index in [0.29, 0.717) is 0 Å². The van der Waals surface area contributed by atoms with Crippen LogP contribution in [0.1, 0.15) is 31.9 Å². The van der Waals surface area contributed by atoms with Gasteiger partial charge in [0.25, 0.3) is 0 Å². The summed E-state index contributed by atoms with van der Waals surface area (Å²) in [5.41, 5.74) is 2.05. The molecule has 19 heavy (non-hydrogen) atoms. The molecule has 0 aliphatic carbocycles. The van der Waals surface area contributed by atoms with Crippen LogP contribution in [-0.2, 0) is 0 Å². The zero-order valence-electron chi connectivity index (χ0n) is 11.9. The van der Waals surface area contributed by atoms with Gasteiger partial charge >= 0.3 is 0 Å². The van der Waals surface area contributed by atoms with Gasteiger partial charge in [0.15, 0.2) is 0 Å². The third kappa shape index (κ3) is 3.07. The van der Waals surface area contributed by atoms with Gasteiger partial charge in [0.2, 0.25) is 0 Å². The van der Waals surface area contributed by atoms with Gasteiger partial charge < -0.3 is 15.3 Å². The molecule has 2 rings (SSSR count). The van der Waals surface area contributed by atoms with Crippen LogP contribution in [0.2, 0.25) is 0 Å². The molecule has 0 radical (unpaired) electrons. The Morgan fingerprint density at radius 2 is 2.21 bits per heavy atom. The van der Waals surface area contributed by atoms with Crippen LogP contribution in [0.25, 0.3) is 0 Å². The minimum atomic E-state index is -0.220. The largest absolute Gasteiger partial charge is 0.393 e. The fraction of sp³-hybridized carbons (Fsp3) is 0.600. The summed E-state index contributed by atoms with van der Waals surface area (Å²) in [5.74, 6) is 0.0440. The molecule has 1 aliphatic rings. The number of hydrogen-bond donors (Lipinski definition) is 2. The first kappa shape index (κ1) is 14.3. The second kappa shape index (κ2) is 5.88. The molecule has 0 aromatic heterocycles. The molecular formula is C15H23FN2O. The quantitative estimate of drug-likeness (QED) is 0.881. The number of benzene rings is 1. The standard InChI is InChI=1S/C15H23FN2O/c1-10-9-18(7-6-15(10)19)14-5-4-12(16)8-13(14)11(2)17-3/h4-5,8,10-11,15,17,19H,6-7,9H2,1-3H3. The van der Waals surface area contributed by atoms with Gasteiger partial charge in [0.05, 0.1) is 6.10 Å². The van der Waals surface area contributed by atoms with Crippen molar-refractivity contribution in [1.29, 1.82) is 0 Å². The molecule has 0 spiro atoms. The maximum atomic E-state index is 13.5. The van der Waals surface area contributed by atoms with E-state index in [-0.39, 0.29) is 23.9 Å². The van der Waals surface area contributed by atoms with E-state index in [1.807, 2.05) is 20.0 Å². The molecule has 1 aromatic rings. The Kier molecular flexibility index (Phi) is 4.42. The molecule has 106 valence electrons. The number of piperidine rings is 1. The highest BCUT2D eigenvalue weighted by Crippen LogP contribution is 2.30. The molecule has 4 heteroatoms. The van der Waals surface area contributed by atoms with E-state index in [4.69, 9.17) is 0 Å². The maximum Gasteiger partial charge on any atom is 0.123 e. The van der Waals surface area contributed by atoms with Crippen LogP contribution >= 0.6 is 0 Å². The molecule has 0 saturated carbocycles. The van der Waals surface area contributed by atoms with E-state index in [1.54, 1.807) is 6.07 Å². The van der Waals surface area contributed by atoms with E-state index in [0.717, 1.165) is 30.8 Å². The normalized spacial score (nSPS) is 25.4. The van der Waals surface area contributed by atoms with Crippen molar-refractivity contribution < 1.29 is 9.50 Å². The molecule has 0 amide bonds. The van der Waals surface area contributed by atoms with Crippen LogP contribution in [0.15, 0.2) is 18.2 Å². The molecule has 1 heterocycles. The lowest BCUT2D eigenvalue weighted by Gasteiger charge is -2.37. The Hall–Kier alpha value is -1.13. The molecule has 3 nitrogen and oxygen atoms in total. The van der Waals surface area contributed by atoms with Crippen LogP contribution in [0, 0.1) is 11.7 Å². The van der Waals surface area contributed by atoms with Crippen molar-refractivity contribution in [3.63, 3.8) is 0 Å². The molecular weight excluding hydrogens is 243 g/mol. The first-order valence-corrected chi connectivity index (χ1v) is 6.92. The predicted octanol–water partition coefficient (Wildman–Crippen LogP) is 2.31. The van der Waals surface area contributed by atoms with Gasteiger partial charge in [-0.25, -0.2) is 4.39 Å². The minimum Gasteiger partial charge on any atom is -0.393 e. The smallest absolute Gasteiger partial charge is 0.123 e. The molecule has 3 unspecified atom stereocenters. The van der Waals surface area contributed by atoms with Crippen LogP contribution in [0.5, 0.6) is 0 Å². The van der Waals surface area contributed by atoms with Crippen molar-refractivity contribution in [2.45, 2.75) is 32.4 Å². The highest BCUT2D eigenvalue weighted by Gasteiger charge is 2.26. The topological polar surface area (TPSA) is 35.5 Å². The Morgan fingerprint density at radius 3 is 2.84 bits per heavy atom. The average Bonchev–Trinajstić information content (AvgIpc) is 2.41. The summed E-state index contributed by atoms with van der Waals surface area (Å²) in [6, 6.07) is 5.07. The second-order valence-corrected chi connectivity index (χ2v) is 5.49. The van der Waals surface area contributed by atoms with Gasteiger partial charge in [-0.15, -0.1) is 0 Å². The fourth-order valence-electron chi connectivity index (χ4n) is 2.67. The molecule has 2 N–H and O–H groups in total. The van der Waals surface area contributed by atoms with Gasteiger partial charge in [-0.2, -0.15) is 0 Å². The molecule has 3 atom stereocenters. The number of rotatable bonds is 3. The lowest BCUT2D eigenvalue weighted by Crippen LogP contribution is -2.42. The van der Waals surface area contributed by atoms with E-state index >= 15 is 0 Å². The number of aliphatic hydroxyl groups excluding tert-OH is 1. The van der Waals surface area contributed by atoms with Crippen molar-refractivity contribution in [1.82, 2.24) is 5.32 Å². The molecule has 0 bridgehead atoms. The van der Waals surface area contributed by atoms with Crippen LogP contribution in [-0.4, -0.2) is 31.3 Å². The van der Waals surface area contributed by atoms with E-state index < -0.39 is 0 Å². The van der Waals surface area contributed by atoms with Gasteiger partial charge in [0.1, 0.15) is 5.82 Å². The number of aliphatic hydroxyl groups is 1. The Balaban J connectivity index is 2.28. The summed E-state index contributed by atoms with van der Waals surface area (Å²) in [5, 5.41) is 13.0. The van der Waals surface area contributed by atoms with E-state index in [9.17, 15) is 9.50 Å². The van der Waals surface area contributed by atoms with E-state index in [2.05, 4.69) is 17.1 Å². The molecule has 1 fully saturated rings. The first-order chi connectivity index (χ1) is 9.02. The molecule has 1 aliphatic heterocycles. The summed E-state index contributed by atoms with van der Waals surface area (Å²) < 4.78 is 13.5. The zero-order chi connectivity index (χ0) is 14.0. The average molecular weight is 266 g/mol. The van der Waals surface area contributed by atoms with Crippen LogP contribution in [0.4, 0.5) is 10.1 Å². The number of anilines is 1. The summed E-state index contributed by atoms with van der Waals surface area (Å²) in [6.07, 6.45) is 0.549. The minimum absolute atomic E-state index is 0.104. The highest BCUT2D eigenvalue weighted by atomic mass is 19.1. The summed E-state index contributed by atoms with van der Waals surface area (Å²) >= 11 is 0. The van der Waals surface area contributed by atoms with Gasteiger partial charge in [-0.05, 0) is 50.1 Å². The Labute approximate surface area is 114 Å². The molecule has 1 saturated heterocycles. The van der Waals surface area contributed by atoms with Crippen LogP contribution < -0.4 is 10.2 Å². The second-order valence-electron chi connectivity index (χ2n) is 5.49. The Bertz CT molecular complexity index is 438. The van der Waals surface area contributed by atoms with Gasteiger partial charge in [-0.1, -0.05) is 6.92 Å². The van der Waals surface area contributed by atoms with Crippen molar-refractivity contribution >= 4 is 5.69 Å². The summed E-state index contributed by atoms with van der Waals surface area (Å²) in [6.45, 7) is 5.72. The third-order valence-electron chi connectivity index (χ3n) is 4.09. The maximum absolute atomic E-state index is 13.5. The van der Waals surface area contributed by atoms with Crippen molar-refractivity contribution in [2.24, 2.45) is 5.92 Å². The summed E-state index contributed by atoms with van der Waals surface area (Å²) in [7, 11) is 1.88. The zero-order valence-corrected chi connectivity index (χ0v) is 11.9. The first-order valence-electron chi connectivity index (χ1n) is 6.92. The monoisotopic (exact) mass is 266 g/mol. The summed E-state index contributed by atoms with van der Waals surface area (Å²) in [4.78, 5) is 2.25. The SMILES string of the molecule is CNC(C)c1cc(F)ccc1N1CCC(O)C(C)C1. The number of hydrogen-bond acceptors (Lipinski definition) is 3. The molecule has 1 aromatic carbocycles. The van der Waals surface area contributed by atoms with E-state index in [1.165, 1.54) is 6.07 Å². The van der Waals surface area contributed by atoms with Crippen molar-refractivity contribution in [2.75, 3.05) is 25.0 Å². The number of nitrogens with zero attached hydrogens (tertiary/aromatic N) is 1. The van der Waals surface area contributed by atoms with Crippen molar-refractivity contribution in [3.05, 3.63) is 29.6 Å². The lowest BCUT2D eigenvalue weighted by atomic mass is 9.95. The predicted molar refractivity (Wildman–Crippen MR) is 75.9 cm³/mol. The lowest BCUT2D eigenvalue weighted by molar-refractivity contribution is 0.0970. The van der Waals surface area contributed by atoms with Gasteiger partial charge in [0, 0.05) is 24.8 Å². The van der Waals surface area contributed by atoms with Crippen molar-refractivity contribution in [3.8, 4) is 0 Å². The number of halogens is 1. The van der Waals surface area contributed by atoms with Crippen LogP contribution in [0.3, 0.4) is 0 Å². The van der Waals surface area contributed by atoms with Gasteiger partial charge in [-0.3, -0.25) is 0 Å². The highest BCUT2D eigenvalue weighted by molar-refractivity contribution is 5.55. The fourth-order valence-corrected chi connectivity index (χ4v) is 2.67. The number of nitrogens with one attached hydrogen (secondary N) is 1. The Morgan fingerprint density at radius 1 is 1.47 bits per heavy atom. The third-order valence-corrected chi connectivity index (χ3v) is 4.09.